The van der Waals surface area contributed by atoms with Gasteiger partial charge >= 0.3 is 11.8 Å². The quantitative estimate of drug-likeness (QED) is 0.754. The van der Waals surface area contributed by atoms with Crippen molar-refractivity contribution in [3.8, 4) is 5.75 Å². The summed E-state index contributed by atoms with van der Waals surface area (Å²) < 4.78 is 7.14. The normalized spacial score (nSPS) is 11.9. The predicted molar refractivity (Wildman–Crippen MR) is 101 cm³/mol. The van der Waals surface area contributed by atoms with Gasteiger partial charge in [0.2, 0.25) is 0 Å². The van der Waals surface area contributed by atoms with E-state index < -0.39 is 11.8 Å². The Morgan fingerprint density at radius 2 is 2.00 bits per heavy atom. The maximum absolute atomic E-state index is 12.2. The Hall–Kier alpha value is -2.51. The average molecular weight is 379 g/mol. The number of amides is 2. The topological polar surface area (TPSA) is 75.6 Å². The molecule has 1 aromatic heterocycles. The maximum Gasteiger partial charge on any atom is 0.313 e. The molecule has 140 valence electrons. The Morgan fingerprint density at radius 3 is 2.58 bits per heavy atom. The maximum atomic E-state index is 12.2. The molecular weight excluding hydrogens is 356 g/mol. The molecule has 0 bridgehead atoms. The number of halogens is 1. The Bertz CT molecular complexity index is 788. The van der Waals surface area contributed by atoms with Crippen LogP contribution in [0.4, 0.5) is 5.69 Å². The Morgan fingerprint density at radius 1 is 1.27 bits per heavy atom. The first-order valence-corrected chi connectivity index (χ1v) is 8.41. The van der Waals surface area contributed by atoms with Crippen molar-refractivity contribution in [2.24, 2.45) is 7.05 Å². The van der Waals surface area contributed by atoms with Crippen LogP contribution in [-0.2, 0) is 16.6 Å². The average Bonchev–Trinajstić information content (AvgIpc) is 3.00. The van der Waals surface area contributed by atoms with Crippen LogP contribution in [0.3, 0.4) is 0 Å². The predicted octanol–water partition coefficient (Wildman–Crippen LogP) is 2.04. The number of rotatable bonds is 6. The summed E-state index contributed by atoms with van der Waals surface area (Å²) in [7, 11) is 7.24. The number of aryl methyl sites for hydroxylation is 1. The molecule has 0 aliphatic carbocycles. The number of anilines is 1. The lowest BCUT2D eigenvalue weighted by Crippen LogP contribution is -2.40. The van der Waals surface area contributed by atoms with Crippen LogP contribution in [0.1, 0.15) is 11.7 Å². The number of nitrogens with zero attached hydrogens (tertiary/aromatic N) is 2. The number of aromatic nitrogens is 1. The summed E-state index contributed by atoms with van der Waals surface area (Å²) in [6, 6.07) is 8.63. The van der Waals surface area contributed by atoms with E-state index in [4.69, 9.17) is 16.3 Å². The van der Waals surface area contributed by atoms with Gasteiger partial charge in [-0.05, 0) is 44.4 Å². The number of ether oxygens (including phenoxy) is 1. The van der Waals surface area contributed by atoms with Crippen LogP contribution in [0.15, 0.2) is 36.5 Å². The fraction of sp³-hybridized carbons (Fsp3) is 0.333. The van der Waals surface area contributed by atoms with Crippen molar-refractivity contribution in [2.45, 2.75) is 6.04 Å². The summed E-state index contributed by atoms with van der Waals surface area (Å²) in [6.07, 6.45) is 1.94. The highest BCUT2D eigenvalue weighted by atomic mass is 35.5. The molecule has 2 N–H and O–H groups in total. The van der Waals surface area contributed by atoms with Gasteiger partial charge in [0.25, 0.3) is 0 Å². The van der Waals surface area contributed by atoms with Crippen molar-refractivity contribution in [3.05, 3.63) is 47.2 Å². The molecule has 0 radical (unpaired) electrons. The first kappa shape index (κ1) is 19.8. The number of carbonyl (C=O) groups excluding carboxylic acids is 2. The van der Waals surface area contributed by atoms with Gasteiger partial charge in [-0.1, -0.05) is 11.6 Å². The summed E-state index contributed by atoms with van der Waals surface area (Å²) in [5.41, 5.74) is 1.37. The molecule has 2 aromatic rings. The van der Waals surface area contributed by atoms with Crippen molar-refractivity contribution in [3.63, 3.8) is 0 Å². The zero-order valence-corrected chi connectivity index (χ0v) is 16.0. The third-order valence-electron chi connectivity index (χ3n) is 4.02. The van der Waals surface area contributed by atoms with Gasteiger partial charge < -0.3 is 19.9 Å². The lowest BCUT2D eigenvalue weighted by Gasteiger charge is -2.25. The third-order valence-corrected chi connectivity index (χ3v) is 4.26. The second-order valence-corrected chi connectivity index (χ2v) is 6.47. The summed E-state index contributed by atoms with van der Waals surface area (Å²) >= 11 is 5.93. The molecule has 0 saturated heterocycles. The van der Waals surface area contributed by atoms with E-state index in [0.29, 0.717) is 23.0 Å². The van der Waals surface area contributed by atoms with Gasteiger partial charge in [-0.25, -0.2) is 0 Å². The summed E-state index contributed by atoms with van der Waals surface area (Å²) in [5.74, 6) is -1.09. The number of nitrogens with one attached hydrogen (secondary N) is 2. The lowest BCUT2D eigenvalue weighted by atomic mass is 10.2. The van der Waals surface area contributed by atoms with E-state index in [0.717, 1.165) is 5.69 Å². The van der Waals surface area contributed by atoms with Crippen LogP contribution in [0, 0.1) is 0 Å². The molecule has 2 rings (SSSR count). The monoisotopic (exact) mass is 378 g/mol. The van der Waals surface area contributed by atoms with Gasteiger partial charge in [-0.2, -0.15) is 0 Å². The van der Waals surface area contributed by atoms with Crippen molar-refractivity contribution >= 4 is 29.1 Å². The first-order chi connectivity index (χ1) is 12.3. The number of hydrogen-bond donors (Lipinski definition) is 2. The summed E-state index contributed by atoms with van der Waals surface area (Å²) in [6.45, 7) is 0.295. The summed E-state index contributed by atoms with van der Waals surface area (Å²) in [4.78, 5) is 26.4. The molecule has 0 fully saturated rings. The van der Waals surface area contributed by atoms with E-state index in [-0.39, 0.29) is 6.04 Å². The van der Waals surface area contributed by atoms with Gasteiger partial charge in [-0.3, -0.25) is 14.5 Å². The zero-order chi connectivity index (χ0) is 19.3. The molecule has 1 heterocycles. The molecule has 7 nitrogen and oxygen atoms in total. The highest BCUT2D eigenvalue weighted by molar-refractivity contribution is 6.40. The van der Waals surface area contributed by atoms with Crippen molar-refractivity contribution in [2.75, 3.05) is 33.1 Å². The molecule has 0 aliphatic rings. The van der Waals surface area contributed by atoms with Crippen LogP contribution in [0.2, 0.25) is 5.02 Å². The Labute approximate surface area is 157 Å². The van der Waals surface area contributed by atoms with E-state index in [9.17, 15) is 9.59 Å². The fourth-order valence-electron chi connectivity index (χ4n) is 2.60. The smallest absolute Gasteiger partial charge is 0.313 e. The van der Waals surface area contributed by atoms with Gasteiger partial charge in [0.05, 0.1) is 18.8 Å². The minimum absolute atomic E-state index is 0.0625. The minimum atomic E-state index is -0.782. The van der Waals surface area contributed by atoms with Crippen LogP contribution in [0.25, 0.3) is 0 Å². The fourth-order valence-corrected chi connectivity index (χ4v) is 2.77. The van der Waals surface area contributed by atoms with Gasteiger partial charge in [0, 0.05) is 30.5 Å². The summed E-state index contributed by atoms with van der Waals surface area (Å²) in [5, 5.41) is 5.62. The highest BCUT2D eigenvalue weighted by Crippen LogP contribution is 2.27. The molecule has 1 atom stereocenters. The van der Waals surface area contributed by atoms with Crippen LogP contribution in [-0.4, -0.2) is 49.0 Å². The van der Waals surface area contributed by atoms with Crippen LogP contribution < -0.4 is 15.4 Å². The van der Waals surface area contributed by atoms with Crippen molar-refractivity contribution < 1.29 is 14.3 Å². The molecule has 0 aliphatic heterocycles. The molecule has 1 aromatic carbocycles. The van der Waals surface area contributed by atoms with E-state index in [1.54, 1.807) is 12.1 Å². The van der Waals surface area contributed by atoms with Crippen LogP contribution >= 0.6 is 11.6 Å². The SMILES string of the molecule is COc1ccc(Cl)cc1NC(=O)C(=O)NCC(c1cccn1C)N(C)C. The van der Waals surface area contributed by atoms with Gasteiger partial charge in [0.1, 0.15) is 5.75 Å². The molecule has 2 amide bonds. The number of likely N-dealkylation sites (N-methyl/N-ethyl adjacent to an activating group) is 1. The minimum Gasteiger partial charge on any atom is -0.495 e. The molecular formula is C18H23ClN4O3. The molecule has 8 heteroatoms. The number of methoxy groups -OCH3 is 1. The second kappa shape index (κ2) is 8.73. The zero-order valence-electron chi connectivity index (χ0n) is 15.2. The molecule has 26 heavy (non-hydrogen) atoms. The Balaban J connectivity index is 2.02. The molecule has 1 unspecified atom stereocenters. The molecule has 0 saturated carbocycles. The number of benzene rings is 1. The third kappa shape index (κ3) is 4.77. The van der Waals surface area contributed by atoms with Crippen molar-refractivity contribution in [1.82, 2.24) is 14.8 Å². The second-order valence-electron chi connectivity index (χ2n) is 6.03. The van der Waals surface area contributed by atoms with Gasteiger partial charge in [0.15, 0.2) is 0 Å². The number of hydrogen-bond acceptors (Lipinski definition) is 4. The highest BCUT2D eigenvalue weighted by Gasteiger charge is 2.21. The van der Waals surface area contributed by atoms with E-state index in [1.807, 2.05) is 48.9 Å². The standard InChI is InChI=1S/C18H23ClN4O3/c1-22(2)15(14-6-5-9-23(14)3)11-20-17(24)18(25)21-13-10-12(19)7-8-16(13)26-4/h5-10,15H,11H2,1-4H3,(H,20,24)(H,21,25). The van der Waals surface area contributed by atoms with E-state index in [1.165, 1.54) is 13.2 Å². The number of carbonyl (C=O) groups is 2. The molecule has 0 spiro atoms. The van der Waals surface area contributed by atoms with E-state index >= 15 is 0 Å². The first-order valence-electron chi connectivity index (χ1n) is 8.04. The van der Waals surface area contributed by atoms with Gasteiger partial charge in [-0.15, -0.1) is 0 Å². The Kier molecular flexibility index (Phi) is 6.65. The largest absolute Gasteiger partial charge is 0.495 e. The lowest BCUT2D eigenvalue weighted by molar-refractivity contribution is -0.136. The van der Waals surface area contributed by atoms with Crippen LogP contribution in [0.5, 0.6) is 5.75 Å². The van der Waals surface area contributed by atoms with Crippen molar-refractivity contribution in [1.29, 1.82) is 0 Å². The van der Waals surface area contributed by atoms with E-state index in [2.05, 4.69) is 10.6 Å².